The van der Waals surface area contributed by atoms with Gasteiger partial charge in [0.2, 0.25) is 0 Å². The minimum Gasteiger partial charge on any atom is -0.259 e. The molecular formula is C10H13N4P. The number of fused-ring (bicyclic) bond motifs is 1. The van der Waals surface area contributed by atoms with Crippen LogP contribution in [0.15, 0.2) is 27.2 Å². The van der Waals surface area contributed by atoms with Gasteiger partial charge in [-0.3, -0.25) is 4.98 Å². The second-order valence-corrected chi connectivity index (χ2v) is 4.65. The molecule has 0 bridgehead atoms. The van der Waals surface area contributed by atoms with Crippen LogP contribution in [-0.2, 0) is 6.42 Å². The topological polar surface area (TPSA) is 50.0 Å². The van der Waals surface area contributed by atoms with E-state index in [0.717, 1.165) is 22.8 Å². The van der Waals surface area contributed by atoms with Crippen molar-refractivity contribution in [2.75, 3.05) is 0 Å². The van der Waals surface area contributed by atoms with E-state index in [4.69, 9.17) is 0 Å². The number of aryl methyl sites for hydroxylation is 1. The first kappa shape index (κ1) is 10.4. The van der Waals surface area contributed by atoms with Gasteiger partial charge in [0.05, 0.1) is 11.1 Å². The summed E-state index contributed by atoms with van der Waals surface area (Å²) in [6, 6.07) is 1.87. The van der Waals surface area contributed by atoms with Gasteiger partial charge in [0.1, 0.15) is 11.7 Å². The lowest BCUT2D eigenvalue weighted by molar-refractivity contribution is 0.703. The highest BCUT2D eigenvalue weighted by molar-refractivity contribution is 7.18. The van der Waals surface area contributed by atoms with E-state index in [0.29, 0.717) is 0 Å². The molecule has 0 N–H and O–H groups in total. The van der Waals surface area contributed by atoms with Crippen LogP contribution in [0.3, 0.4) is 0 Å². The van der Waals surface area contributed by atoms with E-state index in [9.17, 15) is 0 Å². The third kappa shape index (κ3) is 2.10. The molecule has 1 aliphatic heterocycles. The van der Waals surface area contributed by atoms with Crippen molar-refractivity contribution < 1.29 is 0 Å². The Labute approximate surface area is 90.5 Å². The first-order valence-corrected chi connectivity index (χ1v) is 5.44. The van der Waals surface area contributed by atoms with Gasteiger partial charge < -0.3 is 0 Å². The number of aliphatic imine (C=N–C) groups is 1. The fraction of sp³-hybridized carbons (Fsp3) is 0.400. The molecule has 2 unspecified atom stereocenters. The van der Waals surface area contributed by atoms with Gasteiger partial charge in [-0.1, -0.05) is 16.2 Å². The molecule has 0 saturated carbocycles. The van der Waals surface area contributed by atoms with Gasteiger partial charge in [-0.25, -0.2) is 15.0 Å². The zero-order valence-corrected chi connectivity index (χ0v) is 9.96. The van der Waals surface area contributed by atoms with E-state index < -0.39 is 5.40 Å². The fourth-order valence-electron chi connectivity index (χ4n) is 1.45. The lowest BCUT2D eigenvalue weighted by Crippen LogP contribution is -2.31. The maximum Gasteiger partial charge on any atom is 0.162 e. The number of aromatic nitrogens is 1. The minimum atomic E-state index is -0.513. The van der Waals surface area contributed by atoms with Crippen molar-refractivity contribution in [1.29, 1.82) is 0 Å². The SMILES string of the molecule is CCc1nccc2c1=NC=NC(C)(P)N=2. The molecule has 4 nitrogen and oxygen atoms in total. The van der Waals surface area contributed by atoms with Gasteiger partial charge in [0.25, 0.3) is 0 Å². The lowest BCUT2D eigenvalue weighted by atomic mass is 10.2. The summed E-state index contributed by atoms with van der Waals surface area (Å²) < 4.78 is 0. The summed E-state index contributed by atoms with van der Waals surface area (Å²) in [4.78, 5) is 17.3. The quantitative estimate of drug-likeness (QED) is 0.635. The van der Waals surface area contributed by atoms with Crippen LogP contribution in [-0.4, -0.2) is 16.7 Å². The normalized spacial score (nSPS) is 23.7. The largest absolute Gasteiger partial charge is 0.259 e. The fourth-order valence-corrected chi connectivity index (χ4v) is 1.66. The Morgan fingerprint density at radius 3 is 3.00 bits per heavy atom. The molecule has 5 heteroatoms. The summed E-state index contributed by atoms with van der Waals surface area (Å²) >= 11 is 0. The van der Waals surface area contributed by atoms with E-state index in [2.05, 4.69) is 36.1 Å². The summed E-state index contributed by atoms with van der Waals surface area (Å²) in [5.74, 6) is 0. The second kappa shape index (κ2) is 3.78. The van der Waals surface area contributed by atoms with E-state index in [-0.39, 0.29) is 0 Å². The Bertz CT molecular complexity index is 519. The molecule has 1 aromatic heterocycles. The zero-order valence-electron chi connectivity index (χ0n) is 8.81. The number of pyridine rings is 1. The molecule has 0 spiro atoms. The molecule has 0 fully saturated rings. The third-order valence-corrected chi connectivity index (χ3v) is 2.44. The number of nitrogens with zero attached hydrogens (tertiary/aromatic N) is 4. The molecule has 2 rings (SSSR count). The maximum atomic E-state index is 4.51. The van der Waals surface area contributed by atoms with Crippen LogP contribution in [0.5, 0.6) is 0 Å². The molecule has 0 saturated heterocycles. The Kier molecular flexibility index (Phi) is 2.61. The van der Waals surface area contributed by atoms with Crippen LogP contribution in [0.25, 0.3) is 0 Å². The first-order valence-electron chi connectivity index (χ1n) is 4.86. The van der Waals surface area contributed by atoms with Crippen molar-refractivity contribution in [3.63, 3.8) is 0 Å². The van der Waals surface area contributed by atoms with E-state index >= 15 is 0 Å². The molecule has 0 radical (unpaired) electrons. The van der Waals surface area contributed by atoms with E-state index in [1.54, 1.807) is 12.5 Å². The smallest absolute Gasteiger partial charge is 0.162 e. The summed E-state index contributed by atoms with van der Waals surface area (Å²) in [7, 11) is 2.61. The monoisotopic (exact) mass is 220 g/mol. The summed E-state index contributed by atoms with van der Waals surface area (Å²) in [5.41, 5.74) is 0.963. The third-order valence-electron chi connectivity index (χ3n) is 2.17. The highest BCUT2D eigenvalue weighted by Crippen LogP contribution is 2.19. The number of hydrogen-bond acceptors (Lipinski definition) is 4. The molecule has 2 heterocycles. The molecule has 78 valence electrons. The number of hydrogen-bond donors (Lipinski definition) is 0. The Balaban J connectivity index is 2.78. The van der Waals surface area contributed by atoms with Crippen molar-refractivity contribution in [3.8, 4) is 0 Å². The van der Waals surface area contributed by atoms with E-state index in [1.165, 1.54) is 0 Å². The highest BCUT2D eigenvalue weighted by atomic mass is 31.0. The average Bonchev–Trinajstić information content (AvgIpc) is 2.33. The van der Waals surface area contributed by atoms with Crippen LogP contribution in [0.1, 0.15) is 19.5 Å². The van der Waals surface area contributed by atoms with E-state index in [1.807, 2.05) is 13.0 Å². The summed E-state index contributed by atoms with van der Waals surface area (Å²) in [6.07, 6.45) is 4.18. The van der Waals surface area contributed by atoms with Gasteiger partial charge in [-0.05, 0) is 19.4 Å². The minimum absolute atomic E-state index is 0.513. The predicted molar refractivity (Wildman–Crippen MR) is 62.5 cm³/mol. The predicted octanol–water partition coefficient (Wildman–Crippen LogP) is 0.474. The van der Waals surface area contributed by atoms with Crippen LogP contribution in [0.2, 0.25) is 0 Å². The Morgan fingerprint density at radius 2 is 2.27 bits per heavy atom. The van der Waals surface area contributed by atoms with Crippen molar-refractivity contribution in [2.24, 2.45) is 15.0 Å². The standard InChI is InChI=1S/C10H13N4P/c1-3-7-9-8(4-5-11-7)14-10(2,15)13-6-12-9/h4-6H,3,15H2,1-2H3. The van der Waals surface area contributed by atoms with Crippen LogP contribution in [0, 0.1) is 0 Å². The van der Waals surface area contributed by atoms with Crippen molar-refractivity contribution in [2.45, 2.75) is 25.7 Å². The van der Waals surface area contributed by atoms with Crippen LogP contribution < -0.4 is 10.7 Å². The van der Waals surface area contributed by atoms with Crippen LogP contribution in [0.4, 0.5) is 0 Å². The Morgan fingerprint density at radius 1 is 1.47 bits per heavy atom. The molecule has 1 aromatic rings. The lowest BCUT2D eigenvalue weighted by Gasteiger charge is -2.10. The number of rotatable bonds is 1. The van der Waals surface area contributed by atoms with Crippen molar-refractivity contribution >= 4 is 15.6 Å². The molecular weight excluding hydrogens is 207 g/mol. The maximum absolute atomic E-state index is 4.51. The van der Waals surface area contributed by atoms with Gasteiger partial charge in [0, 0.05) is 6.20 Å². The van der Waals surface area contributed by atoms with Crippen molar-refractivity contribution in [1.82, 2.24) is 4.98 Å². The van der Waals surface area contributed by atoms with Gasteiger partial charge in [-0.2, -0.15) is 0 Å². The molecule has 0 aliphatic carbocycles. The molecule has 0 aromatic carbocycles. The average molecular weight is 220 g/mol. The zero-order chi connectivity index (χ0) is 10.9. The second-order valence-electron chi connectivity index (χ2n) is 3.56. The molecule has 15 heavy (non-hydrogen) atoms. The van der Waals surface area contributed by atoms with Gasteiger partial charge in [0.15, 0.2) is 5.40 Å². The first-order chi connectivity index (χ1) is 7.12. The molecule has 0 amide bonds. The highest BCUT2D eigenvalue weighted by Gasteiger charge is 2.14. The Hall–Kier alpha value is -1.15. The molecule has 1 aliphatic rings. The van der Waals surface area contributed by atoms with Crippen molar-refractivity contribution in [3.05, 3.63) is 28.7 Å². The van der Waals surface area contributed by atoms with Gasteiger partial charge >= 0.3 is 0 Å². The summed E-state index contributed by atoms with van der Waals surface area (Å²) in [5, 5.41) is 1.19. The summed E-state index contributed by atoms with van der Waals surface area (Å²) in [6.45, 7) is 3.98. The van der Waals surface area contributed by atoms with Gasteiger partial charge in [-0.15, -0.1) is 0 Å². The van der Waals surface area contributed by atoms with Crippen LogP contribution >= 0.6 is 9.24 Å². The molecule has 2 atom stereocenters.